The van der Waals surface area contributed by atoms with Crippen LogP contribution in [0.2, 0.25) is 0 Å². The number of hydrogen-bond donors (Lipinski definition) is 6. The highest BCUT2D eigenvalue weighted by atomic mass is 16.7. The normalized spacial score (nSPS) is 33.2. The Morgan fingerprint density at radius 2 is 1.60 bits per heavy atom. The Hall–Kier alpha value is -4.59. The molecular formula is C37H47NO12. The number of hydrogen-bond acceptors (Lipinski definition) is 12. The Labute approximate surface area is 290 Å². The van der Waals surface area contributed by atoms with Gasteiger partial charge in [0.05, 0.1) is 41.2 Å². The van der Waals surface area contributed by atoms with Crippen LogP contribution in [0.5, 0.6) is 23.0 Å². The number of carbonyl (C=O) groups excluding carboxylic acids is 3. The summed E-state index contributed by atoms with van der Waals surface area (Å²) in [5, 5.41) is 58.2. The second kappa shape index (κ2) is 14.7. The van der Waals surface area contributed by atoms with Crippen molar-refractivity contribution in [2.75, 3.05) is 12.4 Å². The van der Waals surface area contributed by atoms with Gasteiger partial charge in [-0.25, -0.2) is 0 Å². The fourth-order valence-electron chi connectivity index (χ4n) is 6.65. The minimum atomic E-state index is -1.98. The van der Waals surface area contributed by atoms with Gasteiger partial charge in [-0.2, -0.15) is 0 Å². The summed E-state index contributed by atoms with van der Waals surface area (Å²) < 4.78 is 23.2. The van der Waals surface area contributed by atoms with Crippen LogP contribution in [0.25, 0.3) is 10.8 Å². The van der Waals surface area contributed by atoms with Crippen LogP contribution < -0.4 is 10.1 Å². The van der Waals surface area contributed by atoms with Crippen molar-refractivity contribution in [3.63, 3.8) is 0 Å². The number of aromatic hydroxyl groups is 3. The summed E-state index contributed by atoms with van der Waals surface area (Å²) in [6, 6.07) is 1.06. The van der Waals surface area contributed by atoms with E-state index in [1.54, 1.807) is 39.8 Å². The highest BCUT2D eigenvalue weighted by molar-refractivity contribution is 6.21. The van der Waals surface area contributed by atoms with E-state index in [4.69, 9.17) is 18.9 Å². The number of phenols is 3. The van der Waals surface area contributed by atoms with Gasteiger partial charge in [-0.05, 0) is 19.9 Å². The quantitative estimate of drug-likeness (QED) is 0.143. The Kier molecular flexibility index (Phi) is 11.2. The fraction of sp³-hybridized carbons (Fsp3) is 0.486. The summed E-state index contributed by atoms with van der Waals surface area (Å²) in [6.45, 7) is 12.5. The lowest BCUT2D eigenvalue weighted by Gasteiger charge is -2.38. The van der Waals surface area contributed by atoms with Crippen molar-refractivity contribution in [3.8, 4) is 23.0 Å². The number of anilines is 1. The van der Waals surface area contributed by atoms with Gasteiger partial charge in [0.15, 0.2) is 5.75 Å². The van der Waals surface area contributed by atoms with Crippen LogP contribution in [0, 0.1) is 30.6 Å². The number of benzene rings is 2. The number of aliphatic hydroxyl groups excluding tert-OH is 2. The number of ketones is 1. The second-order valence-electron chi connectivity index (χ2n) is 13.4. The van der Waals surface area contributed by atoms with Gasteiger partial charge in [0, 0.05) is 67.2 Å². The smallest absolute Gasteiger partial charge is 0.312 e. The first-order chi connectivity index (χ1) is 23.4. The van der Waals surface area contributed by atoms with E-state index in [0.29, 0.717) is 0 Å². The molecule has 0 aliphatic carbocycles. The van der Waals surface area contributed by atoms with E-state index >= 15 is 0 Å². The van der Waals surface area contributed by atoms with Gasteiger partial charge in [0.1, 0.15) is 23.4 Å². The van der Waals surface area contributed by atoms with Crippen LogP contribution in [0.3, 0.4) is 0 Å². The van der Waals surface area contributed by atoms with Gasteiger partial charge in [-0.15, -0.1) is 0 Å². The van der Waals surface area contributed by atoms with Crippen molar-refractivity contribution in [1.82, 2.24) is 0 Å². The summed E-state index contributed by atoms with van der Waals surface area (Å²) >= 11 is 0. The number of esters is 1. The molecule has 2 aromatic carbocycles. The molecule has 3 aliphatic rings. The van der Waals surface area contributed by atoms with E-state index in [-0.39, 0.29) is 38.9 Å². The first kappa shape index (κ1) is 38.2. The number of amides is 1. The molecule has 0 radical (unpaired) electrons. The zero-order chi connectivity index (χ0) is 37.4. The molecule has 6 N–H and O–H groups in total. The maximum absolute atomic E-state index is 13.9. The Bertz CT molecular complexity index is 1760. The molecule has 1 amide bonds. The van der Waals surface area contributed by atoms with Gasteiger partial charge in [-0.3, -0.25) is 14.4 Å². The van der Waals surface area contributed by atoms with Crippen LogP contribution >= 0.6 is 0 Å². The number of fused-ring (bicyclic) bond motifs is 14. The van der Waals surface area contributed by atoms with E-state index in [0.717, 1.165) is 6.07 Å². The van der Waals surface area contributed by atoms with E-state index in [9.17, 15) is 39.9 Å². The molecule has 3 aliphatic heterocycles. The third-order valence-corrected chi connectivity index (χ3v) is 9.84. The molecule has 3 heterocycles. The molecule has 13 nitrogen and oxygen atoms in total. The predicted molar refractivity (Wildman–Crippen MR) is 184 cm³/mol. The number of Topliss-reactive ketones (excluding diaryl/α,β-unsaturated/α-hetero) is 1. The van der Waals surface area contributed by atoms with E-state index in [1.807, 2.05) is 0 Å². The summed E-state index contributed by atoms with van der Waals surface area (Å²) in [5.74, 6) is -7.99. The molecule has 9 atom stereocenters. The highest BCUT2D eigenvalue weighted by Crippen LogP contribution is 2.53. The molecule has 272 valence electrons. The number of phenolic OH excluding ortho intramolecular Hbond substituents is 3. The van der Waals surface area contributed by atoms with Gasteiger partial charge < -0.3 is 49.8 Å². The Balaban J connectivity index is 1.87. The number of ether oxygens (including phenoxy) is 4. The van der Waals surface area contributed by atoms with Crippen molar-refractivity contribution >= 4 is 34.1 Å². The average molecular weight is 698 g/mol. The van der Waals surface area contributed by atoms with Crippen molar-refractivity contribution in [1.29, 1.82) is 0 Å². The molecule has 0 spiro atoms. The number of nitrogens with one attached hydrogen (secondary N) is 1. The first-order valence-corrected chi connectivity index (χ1v) is 16.4. The molecule has 9 unspecified atom stereocenters. The minimum absolute atomic E-state index is 0.0709. The van der Waals surface area contributed by atoms with Gasteiger partial charge in [0.25, 0.3) is 11.7 Å². The van der Waals surface area contributed by atoms with Crippen molar-refractivity contribution in [2.45, 2.75) is 85.6 Å². The summed E-state index contributed by atoms with van der Waals surface area (Å²) in [4.78, 5) is 39.2. The van der Waals surface area contributed by atoms with Crippen molar-refractivity contribution in [2.24, 2.45) is 23.7 Å². The zero-order valence-electron chi connectivity index (χ0n) is 29.7. The molecule has 50 heavy (non-hydrogen) atoms. The third kappa shape index (κ3) is 7.03. The van der Waals surface area contributed by atoms with Crippen LogP contribution in [-0.4, -0.2) is 80.5 Å². The Morgan fingerprint density at radius 3 is 2.22 bits per heavy atom. The van der Waals surface area contributed by atoms with E-state index in [2.05, 4.69) is 5.32 Å². The lowest BCUT2D eigenvalue weighted by Crippen LogP contribution is -2.46. The summed E-state index contributed by atoms with van der Waals surface area (Å²) in [6.07, 6.45) is 3.62. The van der Waals surface area contributed by atoms with E-state index < -0.39 is 88.8 Å². The number of aliphatic hydroxyl groups is 2. The van der Waals surface area contributed by atoms with Gasteiger partial charge in [0.2, 0.25) is 0 Å². The number of rotatable bonds is 2. The molecular weight excluding hydrogens is 650 g/mol. The number of allylic oxidation sites excluding steroid dienone is 2. The SMILES string of the molecule is COC1/C=C/OC2(C)Oc3c(C)c(O)c4c(O)c(cc(O)c4c3C2=O)NC(=O)/C(C)=C/C=C/C(C)C(O)C(C)C(O)C(C)C(OC(C)=O)C1C. The topological polar surface area (TPSA) is 201 Å². The lowest BCUT2D eigenvalue weighted by molar-refractivity contribution is -0.160. The average Bonchev–Trinajstić information content (AvgIpc) is 3.33. The summed E-state index contributed by atoms with van der Waals surface area (Å²) in [5.41, 5.74) is -0.0929. The molecule has 5 rings (SSSR count). The maximum atomic E-state index is 13.9. The van der Waals surface area contributed by atoms with Crippen LogP contribution in [-0.2, 0) is 23.8 Å². The minimum Gasteiger partial charge on any atom is -0.507 e. The van der Waals surface area contributed by atoms with Crippen LogP contribution in [0.4, 0.5) is 5.69 Å². The standard InChI is InChI=1S/C37H47NO12/c1-16-11-10-12-17(2)36(46)38-23-15-24(40)26-27(32(23)44)31(43)21(6)34-28(26)35(45)37(8,50-34)48-14-13-25(47-9)18(3)33(49-22(7)39)20(5)30(42)19(4)29(16)41/h10-16,18-20,25,29-30,33,40-44H,1-9H3,(H,38,46)/b11-10+,14-13+,17-12+. The first-order valence-electron chi connectivity index (χ1n) is 16.4. The predicted octanol–water partition coefficient (Wildman–Crippen LogP) is 4.75. The molecule has 0 saturated carbocycles. The third-order valence-electron chi connectivity index (χ3n) is 9.84. The second-order valence-corrected chi connectivity index (χ2v) is 13.4. The molecule has 5 bridgehead atoms. The maximum Gasteiger partial charge on any atom is 0.312 e. The largest absolute Gasteiger partial charge is 0.507 e. The van der Waals surface area contributed by atoms with Gasteiger partial charge >= 0.3 is 11.8 Å². The van der Waals surface area contributed by atoms with Crippen molar-refractivity contribution in [3.05, 3.63) is 53.3 Å². The lowest BCUT2D eigenvalue weighted by atomic mass is 9.78. The summed E-state index contributed by atoms with van der Waals surface area (Å²) in [7, 11) is 1.43. The monoisotopic (exact) mass is 697 g/mol. The number of carbonyl (C=O) groups is 3. The van der Waals surface area contributed by atoms with Gasteiger partial charge in [-0.1, -0.05) is 45.9 Å². The number of methoxy groups -OCH3 is 1. The van der Waals surface area contributed by atoms with Crippen LogP contribution in [0.1, 0.15) is 64.4 Å². The molecule has 13 heteroatoms. The van der Waals surface area contributed by atoms with E-state index in [1.165, 1.54) is 53.2 Å². The molecule has 2 aromatic rings. The fourth-order valence-corrected chi connectivity index (χ4v) is 6.65. The van der Waals surface area contributed by atoms with Crippen molar-refractivity contribution < 1.29 is 58.9 Å². The zero-order valence-corrected chi connectivity index (χ0v) is 29.7. The molecule has 0 fully saturated rings. The molecule has 0 saturated heterocycles. The highest BCUT2D eigenvalue weighted by Gasteiger charge is 2.49. The Morgan fingerprint density at radius 1 is 0.940 bits per heavy atom. The molecule has 0 aromatic heterocycles. The van der Waals surface area contributed by atoms with Crippen LogP contribution in [0.15, 0.2) is 42.2 Å².